The molecule has 20 heavy (non-hydrogen) atoms. The van der Waals surface area contributed by atoms with Gasteiger partial charge in [0.05, 0.1) is 12.8 Å². The average molecular weight is 313 g/mol. The van der Waals surface area contributed by atoms with Gasteiger partial charge in [0.15, 0.2) is 0 Å². The van der Waals surface area contributed by atoms with Gasteiger partial charge in [-0.3, -0.25) is 4.98 Å². The molecule has 1 aromatic rings. The van der Waals surface area contributed by atoms with Crippen molar-refractivity contribution in [3.05, 3.63) is 24.0 Å². The van der Waals surface area contributed by atoms with E-state index < -0.39 is 0 Å². The lowest BCUT2D eigenvalue weighted by molar-refractivity contribution is 0.337. The lowest BCUT2D eigenvalue weighted by Gasteiger charge is -2.35. The van der Waals surface area contributed by atoms with Crippen molar-refractivity contribution < 1.29 is 4.74 Å². The molecule has 0 saturated carbocycles. The molecule has 112 valence electrons. The fourth-order valence-electron chi connectivity index (χ4n) is 2.51. The van der Waals surface area contributed by atoms with E-state index in [1.165, 1.54) is 17.1 Å². The maximum Gasteiger partial charge on any atom is 0.137 e. The number of hydrogen-bond acceptors (Lipinski definition) is 5. The van der Waals surface area contributed by atoms with E-state index in [-0.39, 0.29) is 0 Å². The summed E-state index contributed by atoms with van der Waals surface area (Å²) in [6.45, 7) is 8.16. The van der Waals surface area contributed by atoms with Gasteiger partial charge in [-0.2, -0.15) is 23.5 Å². The topological polar surface area (TPSA) is 34.2 Å². The molecule has 1 fully saturated rings. The van der Waals surface area contributed by atoms with Crippen LogP contribution >= 0.6 is 23.5 Å². The Morgan fingerprint density at radius 3 is 2.85 bits per heavy atom. The quantitative estimate of drug-likeness (QED) is 0.871. The van der Waals surface area contributed by atoms with Crippen molar-refractivity contribution in [2.75, 3.05) is 24.7 Å². The Kier molecular flexibility index (Phi) is 6.52. The highest BCUT2D eigenvalue weighted by atomic mass is 32.2. The van der Waals surface area contributed by atoms with Gasteiger partial charge in [0.2, 0.25) is 0 Å². The van der Waals surface area contributed by atoms with Crippen LogP contribution in [0.3, 0.4) is 0 Å². The molecule has 0 aliphatic carbocycles. The van der Waals surface area contributed by atoms with E-state index in [4.69, 9.17) is 4.74 Å². The molecule has 1 aliphatic heterocycles. The first kappa shape index (κ1) is 16.0. The Morgan fingerprint density at radius 1 is 1.35 bits per heavy atom. The van der Waals surface area contributed by atoms with Gasteiger partial charge >= 0.3 is 0 Å². The standard InChI is InChI=1S/C15H24N2OS2/c1-4-17-14(15-11(3)19-6-7-20-15)12-8-13(18-5-2)10-16-9-12/h8-11,14-15,17H,4-7H2,1-3H3. The molecule has 0 bridgehead atoms. The second kappa shape index (κ2) is 8.15. The average Bonchev–Trinajstić information content (AvgIpc) is 2.46. The number of nitrogens with zero attached hydrogens (tertiary/aromatic N) is 1. The van der Waals surface area contributed by atoms with Crippen LogP contribution in [0.4, 0.5) is 0 Å². The maximum atomic E-state index is 5.59. The Balaban J connectivity index is 2.20. The molecule has 1 saturated heterocycles. The van der Waals surface area contributed by atoms with Crippen molar-refractivity contribution in [1.29, 1.82) is 0 Å². The van der Waals surface area contributed by atoms with Crippen LogP contribution in [-0.4, -0.2) is 40.1 Å². The SMILES string of the molecule is CCNC(c1cncc(OCC)c1)C1SCCSC1C. The van der Waals surface area contributed by atoms with Crippen LogP contribution in [0, 0.1) is 0 Å². The van der Waals surface area contributed by atoms with Crippen LogP contribution in [0.15, 0.2) is 18.5 Å². The van der Waals surface area contributed by atoms with E-state index in [9.17, 15) is 0 Å². The Bertz CT molecular complexity index is 417. The largest absolute Gasteiger partial charge is 0.492 e. The highest BCUT2D eigenvalue weighted by Crippen LogP contribution is 2.38. The van der Waals surface area contributed by atoms with Crippen LogP contribution in [0.2, 0.25) is 0 Å². The molecule has 3 atom stereocenters. The molecule has 3 nitrogen and oxygen atoms in total. The molecule has 0 radical (unpaired) electrons. The summed E-state index contributed by atoms with van der Waals surface area (Å²) in [6, 6.07) is 2.48. The number of rotatable bonds is 6. The third-order valence-corrected chi connectivity index (χ3v) is 6.59. The fourth-order valence-corrected chi connectivity index (χ4v) is 5.46. The monoisotopic (exact) mass is 312 g/mol. The van der Waals surface area contributed by atoms with Gasteiger partial charge in [0.1, 0.15) is 5.75 Å². The summed E-state index contributed by atoms with van der Waals surface area (Å²) >= 11 is 4.16. The minimum atomic E-state index is 0.348. The van der Waals surface area contributed by atoms with Gasteiger partial charge in [0, 0.05) is 34.2 Å². The Labute approximate surface area is 130 Å². The van der Waals surface area contributed by atoms with Gasteiger partial charge < -0.3 is 10.1 Å². The molecular formula is C15H24N2OS2. The lowest BCUT2D eigenvalue weighted by Crippen LogP contribution is -2.37. The van der Waals surface area contributed by atoms with Crippen molar-refractivity contribution in [3.63, 3.8) is 0 Å². The van der Waals surface area contributed by atoms with Crippen LogP contribution in [0.5, 0.6) is 5.75 Å². The van der Waals surface area contributed by atoms with Gasteiger partial charge in [-0.25, -0.2) is 0 Å². The summed E-state index contributed by atoms with van der Waals surface area (Å²) < 4.78 is 5.59. The van der Waals surface area contributed by atoms with E-state index in [2.05, 4.69) is 53.7 Å². The van der Waals surface area contributed by atoms with Crippen LogP contribution in [0.25, 0.3) is 0 Å². The Hall–Kier alpha value is -0.390. The van der Waals surface area contributed by atoms with Gasteiger partial charge in [-0.1, -0.05) is 13.8 Å². The molecule has 1 aliphatic rings. The van der Waals surface area contributed by atoms with Crippen LogP contribution in [0.1, 0.15) is 32.4 Å². The van der Waals surface area contributed by atoms with Gasteiger partial charge in [-0.15, -0.1) is 0 Å². The number of nitrogens with one attached hydrogen (secondary N) is 1. The third-order valence-electron chi connectivity index (χ3n) is 3.39. The minimum absolute atomic E-state index is 0.348. The van der Waals surface area contributed by atoms with Gasteiger partial charge in [-0.05, 0) is 25.1 Å². The number of thioether (sulfide) groups is 2. The predicted molar refractivity (Wildman–Crippen MR) is 90.0 cm³/mol. The Morgan fingerprint density at radius 2 is 2.15 bits per heavy atom. The molecule has 0 aromatic carbocycles. The smallest absolute Gasteiger partial charge is 0.137 e. The second-order valence-corrected chi connectivity index (χ2v) is 7.60. The molecular weight excluding hydrogens is 288 g/mol. The van der Waals surface area contributed by atoms with Crippen molar-refractivity contribution >= 4 is 23.5 Å². The summed E-state index contributed by atoms with van der Waals surface area (Å²) in [5, 5.41) is 4.89. The van der Waals surface area contributed by atoms with Crippen molar-refractivity contribution in [1.82, 2.24) is 10.3 Å². The summed E-state index contributed by atoms with van der Waals surface area (Å²) in [4.78, 5) is 4.35. The first-order valence-corrected chi connectivity index (χ1v) is 9.40. The van der Waals surface area contributed by atoms with E-state index in [1.807, 2.05) is 13.1 Å². The number of hydrogen-bond donors (Lipinski definition) is 1. The summed E-state index contributed by atoms with van der Waals surface area (Å²) in [7, 11) is 0. The predicted octanol–water partition coefficient (Wildman–Crippen LogP) is 3.37. The van der Waals surface area contributed by atoms with Crippen LogP contribution < -0.4 is 10.1 Å². The molecule has 1 aromatic heterocycles. The highest BCUT2D eigenvalue weighted by Gasteiger charge is 2.31. The van der Waals surface area contributed by atoms with Crippen molar-refractivity contribution in [2.24, 2.45) is 0 Å². The first-order chi connectivity index (χ1) is 9.76. The zero-order valence-electron chi connectivity index (χ0n) is 12.5. The lowest BCUT2D eigenvalue weighted by atomic mass is 10.0. The molecule has 0 amide bonds. The number of ether oxygens (including phenoxy) is 1. The zero-order chi connectivity index (χ0) is 14.4. The maximum absolute atomic E-state index is 5.59. The van der Waals surface area contributed by atoms with E-state index in [1.54, 1.807) is 6.20 Å². The van der Waals surface area contributed by atoms with Gasteiger partial charge in [0.25, 0.3) is 0 Å². The van der Waals surface area contributed by atoms with E-state index in [0.29, 0.717) is 23.1 Å². The van der Waals surface area contributed by atoms with Crippen LogP contribution in [-0.2, 0) is 0 Å². The molecule has 5 heteroatoms. The first-order valence-electron chi connectivity index (χ1n) is 7.30. The van der Waals surface area contributed by atoms with E-state index >= 15 is 0 Å². The van der Waals surface area contributed by atoms with Crippen molar-refractivity contribution in [2.45, 2.75) is 37.3 Å². The summed E-state index contributed by atoms with van der Waals surface area (Å²) in [5.74, 6) is 3.37. The number of aromatic nitrogens is 1. The molecule has 2 rings (SSSR count). The number of pyridine rings is 1. The van der Waals surface area contributed by atoms with Crippen molar-refractivity contribution in [3.8, 4) is 5.75 Å². The highest BCUT2D eigenvalue weighted by molar-refractivity contribution is 8.07. The fraction of sp³-hybridized carbons (Fsp3) is 0.667. The zero-order valence-corrected chi connectivity index (χ0v) is 14.1. The minimum Gasteiger partial charge on any atom is -0.492 e. The molecule has 1 N–H and O–H groups in total. The normalized spacial score (nSPS) is 24.4. The molecule has 0 spiro atoms. The third kappa shape index (κ3) is 4.06. The summed E-state index contributed by atoms with van der Waals surface area (Å²) in [5.41, 5.74) is 1.24. The second-order valence-electron chi connectivity index (χ2n) is 4.83. The van der Waals surface area contributed by atoms with E-state index in [0.717, 1.165) is 12.3 Å². The molecule has 2 heterocycles. The summed E-state index contributed by atoms with van der Waals surface area (Å²) in [6.07, 6.45) is 3.77. The molecule has 3 unspecified atom stereocenters.